The third-order valence-electron chi connectivity index (χ3n) is 8.10. The molecule has 1 aromatic heterocycles. The highest BCUT2D eigenvalue weighted by molar-refractivity contribution is 6.26. The summed E-state index contributed by atoms with van der Waals surface area (Å²) in [6.07, 6.45) is 2.52. The van der Waals surface area contributed by atoms with Gasteiger partial charge >= 0.3 is 12.0 Å². The molecule has 6 rings (SSSR count). The predicted octanol–water partition coefficient (Wildman–Crippen LogP) is 4.25. The Balaban J connectivity index is 0.00000192. The van der Waals surface area contributed by atoms with Crippen molar-refractivity contribution in [3.8, 4) is 28.3 Å². The fourth-order valence-electron chi connectivity index (χ4n) is 5.91. The van der Waals surface area contributed by atoms with Crippen molar-refractivity contribution >= 4 is 60.7 Å². The summed E-state index contributed by atoms with van der Waals surface area (Å²) in [5, 5.41) is 12.2. The molecule has 250 valence electrons. The van der Waals surface area contributed by atoms with E-state index in [-0.39, 0.29) is 55.5 Å². The summed E-state index contributed by atoms with van der Waals surface area (Å²) in [5.74, 6) is 0.340. The normalized spacial score (nSPS) is 15.9. The number of H-pyrrole nitrogens is 1. The van der Waals surface area contributed by atoms with Crippen molar-refractivity contribution in [3.05, 3.63) is 53.6 Å². The van der Waals surface area contributed by atoms with E-state index in [1.54, 1.807) is 24.1 Å². The number of aromatic amines is 1. The Labute approximate surface area is 286 Å². The lowest BCUT2D eigenvalue weighted by Gasteiger charge is -2.33. The van der Waals surface area contributed by atoms with E-state index in [2.05, 4.69) is 25.8 Å². The standard InChI is InChI=1S/C31H37N7O5.3ClH/c1-2-42-25(39)20-37-14-16-38(17-15-37)35-31(41)32-24-7-5-6-23-26(24)30(40)27-28(33-34-29(23)27)21-8-10-22(11-9-21)43-19-18-36-12-3-4-13-36;;;/h5-11H,2-4,12-20H2,1H3,(H,33,34)(H2,32,35,41);3*1H. The van der Waals surface area contributed by atoms with E-state index < -0.39 is 6.03 Å². The number of fused-ring (bicyclic) bond motifs is 3. The van der Waals surface area contributed by atoms with Crippen LogP contribution in [0.4, 0.5) is 10.5 Å². The number of carbonyl (C=O) groups is 3. The molecule has 0 spiro atoms. The number of ether oxygens (including phenoxy) is 2. The third-order valence-corrected chi connectivity index (χ3v) is 8.10. The number of urea groups is 1. The van der Waals surface area contributed by atoms with E-state index in [0.29, 0.717) is 73.2 Å². The number of likely N-dealkylation sites (tertiary alicyclic amines) is 1. The second-order valence-corrected chi connectivity index (χ2v) is 10.9. The van der Waals surface area contributed by atoms with Crippen molar-refractivity contribution in [3.63, 3.8) is 0 Å². The Bertz CT molecular complexity index is 1490. The van der Waals surface area contributed by atoms with Crippen molar-refractivity contribution in [1.82, 2.24) is 30.4 Å². The first-order valence-corrected chi connectivity index (χ1v) is 14.9. The minimum atomic E-state index is -0.436. The highest BCUT2D eigenvalue weighted by Gasteiger charge is 2.35. The molecule has 0 saturated carbocycles. The largest absolute Gasteiger partial charge is 0.492 e. The smallest absolute Gasteiger partial charge is 0.333 e. The molecule has 3 N–H and O–H groups in total. The lowest BCUT2D eigenvalue weighted by Crippen LogP contribution is -2.55. The van der Waals surface area contributed by atoms with Gasteiger partial charge in [-0.3, -0.25) is 29.9 Å². The Kier molecular flexibility index (Phi) is 13.7. The molecule has 2 saturated heterocycles. The van der Waals surface area contributed by atoms with Gasteiger partial charge in [-0.15, -0.1) is 37.2 Å². The Morgan fingerprint density at radius 2 is 1.63 bits per heavy atom. The molecular formula is C31H40Cl3N7O5. The fraction of sp³-hybridized carbons (Fsp3) is 0.419. The van der Waals surface area contributed by atoms with Crippen molar-refractivity contribution in [2.45, 2.75) is 19.8 Å². The molecule has 0 bridgehead atoms. The van der Waals surface area contributed by atoms with Crippen LogP contribution in [-0.2, 0) is 9.53 Å². The summed E-state index contributed by atoms with van der Waals surface area (Å²) in [5.41, 5.74) is 6.92. The maximum atomic E-state index is 13.7. The number of hydrogen-bond acceptors (Lipinski definition) is 9. The number of hydrogen-bond donors (Lipinski definition) is 3. The molecule has 3 aromatic rings. The van der Waals surface area contributed by atoms with Crippen LogP contribution in [0, 0.1) is 0 Å². The summed E-state index contributed by atoms with van der Waals surface area (Å²) in [6, 6.07) is 12.6. The second-order valence-electron chi connectivity index (χ2n) is 10.9. The number of nitrogens with zero attached hydrogens (tertiary/aromatic N) is 4. The highest BCUT2D eigenvalue weighted by Crippen LogP contribution is 2.43. The van der Waals surface area contributed by atoms with E-state index in [9.17, 15) is 14.4 Å². The molecule has 3 aliphatic rings. The average molecular weight is 697 g/mol. The molecule has 0 unspecified atom stereocenters. The summed E-state index contributed by atoms with van der Waals surface area (Å²) in [6.45, 7) is 8.57. The average Bonchev–Trinajstić information content (AvgIpc) is 3.74. The fourth-order valence-corrected chi connectivity index (χ4v) is 5.91. The zero-order valence-corrected chi connectivity index (χ0v) is 28.0. The van der Waals surface area contributed by atoms with Crippen molar-refractivity contribution in [2.75, 3.05) is 70.9 Å². The maximum absolute atomic E-state index is 13.7. The van der Waals surface area contributed by atoms with Gasteiger partial charge in [0.05, 0.1) is 35.7 Å². The number of piperazine rings is 1. The monoisotopic (exact) mass is 695 g/mol. The number of hydrazine groups is 1. The van der Waals surface area contributed by atoms with Gasteiger partial charge < -0.3 is 14.8 Å². The summed E-state index contributed by atoms with van der Waals surface area (Å²) in [4.78, 5) is 42.8. The van der Waals surface area contributed by atoms with Gasteiger partial charge in [-0.25, -0.2) is 9.80 Å². The minimum Gasteiger partial charge on any atom is -0.492 e. The zero-order valence-electron chi connectivity index (χ0n) is 25.6. The summed E-state index contributed by atoms with van der Waals surface area (Å²) in [7, 11) is 0. The zero-order chi connectivity index (χ0) is 29.8. The van der Waals surface area contributed by atoms with Crippen LogP contribution in [0.15, 0.2) is 42.5 Å². The van der Waals surface area contributed by atoms with Crippen LogP contribution in [0.3, 0.4) is 0 Å². The number of benzene rings is 2. The van der Waals surface area contributed by atoms with Crippen LogP contribution in [0.2, 0.25) is 0 Å². The van der Waals surface area contributed by atoms with Gasteiger partial charge in [0.1, 0.15) is 18.1 Å². The quantitative estimate of drug-likeness (QED) is 0.208. The molecule has 2 aliphatic heterocycles. The lowest BCUT2D eigenvalue weighted by molar-refractivity contribution is -0.144. The molecule has 1 aliphatic carbocycles. The van der Waals surface area contributed by atoms with Crippen LogP contribution in [-0.4, -0.2) is 108 Å². The maximum Gasteiger partial charge on any atom is 0.333 e. The molecule has 2 amide bonds. The number of rotatable bonds is 10. The molecule has 0 radical (unpaired) electrons. The van der Waals surface area contributed by atoms with Gasteiger partial charge in [0.15, 0.2) is 5.78 Å². The van der Waals surface area contributed by atoms with Crippen LogP contribution in [0.5, 0.6) is 5.75 Å². The molecule has 2 fully saturated rings. The van der Waals surface area contributed by atoms with Gasteiger partial charge in [0, 0.05) is 43.9 Å². The van der Waals surface area contributed by atoms with Gasteiger partial charge in [-0.05, 0) is 63.2 Å². The first kappa shape index (κ1) is 37.1. The van der Waals surface area contributed by atoms with Crippen LogP contribution >= 0.6 is 37.2 Å². The van der Waals surface area contributed by atoms with Gasteiger partial charge in [-0.2, -0.15) is 5.10 Å². The lowest BCUT2D eigenvalue weighted by atomic mass is 10.0. The number of anilines is 1. The van der Waals surface area contributed by atoms with Crippen LogP contribution < -0.4 is 15.5 Å². The van der Waals surface area contributed by atoms with Gasteiger partial charge in [-0.1, -0.05) is 12.1 Å². The number of esters is 1. The Hall–Kier alpha value is -3.39. The number of ketones is 1. The Morgan fingerprint density at radius 3 is 2.33 bits per heavy atom. The number of nitrogens with one attached hydrogen (secondary N) is 3. The van der Waals surface area contributed by atoms with E-state index in [0.717, 1.165) is 30.9 Å². The molecular weight excluding hydrogens is 657 g/mol. The SMILES string of the molecule is CCOC(=O)CN1CCN(NC(=O)Nc2cccc3c2C(=O)c2c(-c4ccc(OCCN5CCCC5)cc4)n[nH]c2-3)CC1.Cl.Cl.Cl. The van der Waals surface area contributed by atoms with E-state index in [4.69, 9.17) is 9.47 Å². The van der Waals surface area contributed by atoms with Gasteiger partial charge in [0.25, 0.3) is 0 Å². The van der Waals surface area contributed by atoms with Crippen molar-refractivity contribution in [2.24, 2.45) is 0 Å². The molecule has 3 heterocycles. The molecule has 2 aromatic carbocycles. The van der Waals surface area contributed by atoms with Gasteiger partial charge in [0.2, 0.25) is 0 Å². The second kappa shape index (κ2) is 17.0. The topological polar surface area (TPSA) is 132 Å². The molecule has 15 heteroatoms. The van der Waals surface area contributed by atoms with Crippen molar-refractivity contribution in [1.29, 1.82) is 0 Å². The highest BCUT2D eigenvalue weighted by atomic mass is 35.5. The first-order valence-electron chi connectivity index (χ1n) is 14.9. The van der Waals surface area contributed by atoms with Crippen molar-refractivity contribution < 1.29 is 23.9 Å². The number of carbonyl (C=O) groups excluding carboxylic acids is 3. The number of amides is 2. The number of halogens is 3. The van der Waals surface area contributed by atoms with E-state index in [1.165, 1.54) is 12.8 Å². The predicted molar refractivity (Wildman–Crippen MR) is 183 cm³/mol. The molecule has 12 nitrogen and oxygen atoms in total. The summed E-state index contributed by atoms with van der Waals surface area (Å²) >= 11 is 0. The van der Waals surface area contributed by atoms with Crippen LogP contribution in [0.1, 0.15) is 35.7 Å². The first-order chi connectivity index (χ1) is 21.0. The Morgan fingerprint density at radius 1 is 0.913 bits per heavy atom. The summed E-state index contributed by atoms with van der Waals surface area (Å²) < 4.78 is 10.9. The molecule has 0 atom stereocenters. The number of aromatic nitrogens is 2. The third kappa shape index (κ3) is 8.30. The minimum absolute atomic E-state index is 0. The van der Waals surface area contributed by atoms with Crippen LogP contribution in [0.25, 0.3) is 22.5 Å². The van der Waals surface area contributed by atoms with E-state index >= 15 is 0 Å². The molecule has 46 heavy (non-hydrogen) atoms. The van der Waals surface area contributed by atoms with E-state index in [1.807, 2.05) is 35.2 Å².